The van der Waals surface area contributed by atoms with Gasteiger partial charge in [0.1, 0.15) is 11.1 Å². The average molecular weight is 510 g/mol. The molecule has 0 aromatic heterocycles. The summed E-state index contributed by atoms with van der Waals surface area (Å²) in [6.07, 6.45) is 0.275. The molecule has 0 heterocycles. The van der Waals surface area contributed by atoms with Gasteiger partial charge in [0.2, 0.25) is 16.1 Å². The second-order valence-corrected chi connectivity index (χ2v) is 9.90. The number of aliphatic carboxylic acids is 1. The van der Waals surface area contributed by atoms with Crippen LogP contribution in [0.4, 0.5) is 10.1 Å². The molecule has 2 aromatic carbocycles. The second-order valence-electron chi connectivity index (χ2n) is 7.53. The smallest absolute Gasteiger partial charge is 0.332 e. The lowest BCUT2D eigenvalue weighted by Crippen LogP contribution is -2.47. The number of nitrogens with zero attached hydrogens (tertiary/aromatic N) is 1. The molecule has 180 valence electrons. The van der Waals surface area contributed by atoms with E-state index in [-0.39, 0.29) is 17.6 Å². The summed E-state index contributed by atoms with van der Waals surface area (Å²) in [5, 5.41) is 7.61. The molecule has 2 atom stereocenters. The van der Waals surface area contributed by atoms with E-state index in [0.717, 1.165) is 25.1 Å². The number of carbonyl (C=O) groups excluding carboxylic acids is 2. The van der Waals surface area contributed by atoms with Crippen molar-refractivity contribution in [3.05, 3.63) is 76.6 Å². The van der Waals surface area contributed by atoms with E-state index in [1.807, 2.05) is 0 Å². The quantitative estimate of drug-likeness (QED) is 0.560. The summed E-state index contributed by atoms with van der Waals surface area (Å²) < 4.78 is 46.9. The molecule has 1 aliphatic rings. The highest BCUT2D eigenvalue weighted by Crippen LogP contribution is 2.37. The summed E-state index contributed by atoms with van der Waals surface area (Å²) >= 11 is 6.13. The number of halogens is 2. The first-order chi connectivity index (χ1) is 16.0. The number of hydrogen-bond acceptors (Lipinski definition) is 6. The zero-order valence-electron chi connectivity index (χ0n) is 18.0. The zero-order valence-corrected chi connectivity index (χ0v) is 19.6. The van der Waals surface area contributed by atoms with Gasteiger partial charge >= 0.3 is 11.9 Å². The number of hydrogen-bond donors (Lipinski definition) is 1. The van der Waals surface area contributed by atoms with Gasteiger partial charge in [-0.15, -0.1) is 0 Å². The summed E-state index contributed by atoms with van der Waals surface area (Å²) in [5.74, 6) is -4.27. The van der Waals surface area contributed by atoms with Gasteiger partial charge in [-0.1, -0.05) is 48.0 Å². The summed E-state index contributed by atoms with van der Waals surface area (Å²) in [7, 11) is -4.76. The Morgan fingerprint density at radius 2 is 1.85 bits per heavy atom. The van der Waals surface area contributed by atoms with Gasteiger partial charge < -0.3 is 9.84 Å². The van der Waals surface area contributed by atoms with E-state index >= 15 is 0 Å². The van der Waals surface area contributed by atoms with E-state index in [4.69, 9.17) is 16.3 Å². The third-order valence-electron chi connectivity index (χ3n) is 5.18. The molecule has 0 fully saturated rings. The Labute approximate surface area is 200 Å². The van der Waals surface area contributed by atoms with E-state index < -0.39 is 55.8 Å². The van der Waals surface area contributed by atoms with Crippen molar-refractivity contribution < 1.29 is 37.0 Å². The summed E-state index contributed by atoms with van der Waals surface area (Å²) in [6, 6.07) is 10.4. The van der Waals surface area contributed by atoms with Crippen molar-refractivity contribution in [1.82, 2.24) is 0 Å². The van der Waals surface area contributed by atoms with Crippen molar-refractivity contribution >= 4 is 45.2 Å². The maximum absolute atomic E-state index is 13.8. The van der Waals surface area contributed by atoms with Gasteiger partial charge in [0.15, 0.2) is 0 Å². The highest BCUT2D eigenvalue weighted by Gasteiger charge is 2.45. The second kappa shape index (κ2) is 10.4. The van der Waals surface area contributed by atoms with Crippen LogP contribution in [0.5, 0.6) is 0 Å². The number of rotatable bonds is 7. The Morgan fingerprint density at radius 1 is 1.18 bits per heavy atom. The van der Waals surface area contributed by atoms with Crippen LogP contribution in [-0.4, -0.2) is 36.6 Å². The molecule has 34 heavy (non-hydrogen) atoms. The maximum atomic E-state index is 13.8. The number of carboxylic acid groups (broad SMARTS) is 1. The summed E-state index contributed by atoms with van der Waals surface area (Å²) in [5.41, 5.74) is -0.596. The van der Waals surface area contributed by atoms with Crippen LogP contribution in [0.1, 0.15) is 37.9 Å². The minimum atomic E-state index is -4.76. The molecule has 3 rings (SSSR count). The first-order valence-corrected chi connectivity index (χ1v) is 12.1. The lowest BCUT2D eigenvalue weighted by Gasteiger charge is -2.32. The van der Waals surface area contributed by atoms with Gasteiger partial charge in [-0.25, -0.2) is 21.9 Å². The third kappa shape index (κ3) is 5.28. The molecule has 0 bridgehead atoms. The first kappa shape index (κ1) is 25.4. The average Bonchev–Trinajstić information content (AvgIpc) is 2.79. The van der Waals surface area contributed by atoms with Crippen LogP contribution < -0.4 is 4.31 Å². The van der Waals surface area contributed by atoms with Crippen LogP contribution in [-0.2, 0) is 29.1 Å². The number of amides is 1. The number of anilines is 1. The Balaban J connectivity index is 2.22. The van der Waals surface area contributed by atoms with Gasteiger partial charge in [-0.3, -0.25) is 9.59 Å². The van der Waals surface area contributed by atoms with Crippen molar-refractivity contribution in [2.75, 3.05) is 4.31 Å². The van der Waals surface area contributed by atoms with Crippen LogP contribution in [0.2, 0.25) is 5.02 Å². The van der Waals surface area contributed by atoms with Gasteiger partial charge in [-0.2, -0.15) is 0 Å². The van der Waals surface area contributed by atoms with Crippen molar-refractivity contribution in [2.45, 2.75) is 37.5 Å². The highest BCUT2D eigenvalue weighted by molar-refractivity contribution is 7.94. The van der Waals surface area contributed by atoms with E-state index in [1.165, 1.54) is 18.2 Å². The minimum Gasteiger partial charge on any atom is -0.478 e. The Hall–Kier alpha value is -3.24. The number of carboxylic acids is 1. The minimum absolute atomic E-state index is 0.0629. The number of sulfonamides is 1. The molecule has 1 N–H and O–H groups in total. The topological polar surface area (TPSA) is 118 Å². The van der Waals surface area contributed by atoms with Gasteiger partial charge in [0.25, 0.3) is 5.91 Å². The molecule has 0 radical (unpaired) electrons. The van der Waals surface area contributed by atoms with E-state index in [9.17, 15) is 32.3 Å². The van der Waals surface area contributed by atoms with Crippen molar-refractivity contribution in [3.8, 4) is 0 Å². The Kier molecular flexibility index (Phi) is 7.73. The first-order valence-electron chi connectivity index (χ1n) is 10.2. The SMILES string of the molecule is CC(=O)O[C@@H](C(=O)N(c1ccc(F)cc1Cl)S(=O)(=O)[C@H]1CCCC=C1C(=O)O)c1ccccc1. The molecule has 2 aromatic rings. The highest BCUT2D eigenvalue weighted by atomic mass is 35.5. The molecule has 8 nitrogen and oxygen atoms in total. The zero-order chi connectivity index (χ0) is 25.0. The number of ether oxygens (including phenoxy) is 1. The fraction of sp³-hybridized carbons (Fsp3) is 0.261. The van der Waals surface area contributed by atoms with Gasteiger partial charge in [0.05, 0.1) is 16.3 Å². The van der Waals surface area contributed by atoms with Crippen molar-refractivity contribution in [3.63, 3.8) is 0 Å². The predicted octanol–water partition coefficient (Wildman–Crippen LogP) is 4.01. The van der Waals surface area contributed by atoms with Crippen molar-refractivity contribution in [2.24, 2.45) is 0 Å². The standard InChI is InChI=1S/C23H21ClFNO7S/c1-14(27)33-21(15-7-3-2-4-8-15)22(28)26(19-12-11-16(25)13-18(19)24)34(31,32)20-10-6-5-9-17(20)23(29)30/h2-4,7-9,11-13,20-21H,5-6,10H2,1H3,(H,29,30)/t20-,21+/m0/s1. The molecule has 11 heteroatoms. The molecule has 1 amide bonds. The number of carbonyl (C=O) groups is 3. The molecule has 0 aliphatic heterocycles. The summed E-state index contributed by atoms with van der Waals surface area (Å²) in [4.78, 5) is 37.3. The van der Waals surface area contributed by atoms with Crippen molar-refractivity contribution in [1.29, 1.82) is 0 Å². The molecular formula is C23H21ClFNO7S. The molecule has 0 saturated carbocycles. The van der Waals surface area contributed by atoms with Crippen LogP contribution in [0, 0.1) is 5.82 Å². The fourth-order valence-corrected chi connectivity index (χ4v) is 6.02. The number of allylic oxidation sites excluding steroid dienone is 1. The van der Waals surface area contributed by atoms with E-state index in [0.29, 0.717) is 17.1 Å². The monoisotopic (exact) mass is 509 g/mol. The van der Waals surface area contributed by atoms with E-state index in [1.54, 1.807) is 18.2 Å². The number of benzene rings is 2. The maximum Gasteiger partial charge on any atom is 0.332 e. The summed E-state index contributed by atoms with van der Waals surface area (Å²) in [6.45, 7) is 1.05. The molecule has 0 saturated heterocycles. The number of esters is 1. The lowest BCUT2D eigenvalue weighted by atomic mass is 9.99. The molecular weight excluding hydrogens is 489 g/mol. The molecule has 1 aliphatic carbocycles. The molecule has 0 unspecified atom stereocenters. The van der Waals surface area contributed by atoms with Crippen LogP contribution in [0.15, 0.2) is 60.2 Å². The fourth-order valence-electron chi connectivity index (χ4n) is 3.70. The van der Waals surface area contributed by atoms with E-state index in [2.05, 4.69) is 0 Å². The Bertz CT molecular complexity index is 1250. The third-order valence-corrected chi connectivity index (χ3v) is 7.58. The normalized spacial score (nSPS) is 16.8. The predicted molar refractivity (Wildman–Crippen MR) is 122 cm³/mol. The lowest BCUT2D eigenvalue weighted by molar-refractivity contribution is -0.153. The Morgan fingerprint density at radius 3 is 2.44 bits per heavy atom. The van der Waals surface area contributed by atoms with Crippen LogP contribution >= 0.6 is 11.6 Å². The van der Waals surface area contributed by atoms with Gasteiger partial charge in [0, 0.05) is 12.5 Å². The largest absolute Gasteiger partial charge is 0.478 e. The van der Waals surface area contributed by atoms with Crippen LogP contribution in [0.3, 0.4) is 0 Å². The van der Waals surface area contributed by atoms with Gasteiger partial charge in [-0.05, 0) is 37.5 Å². The van der Waals surface area contributed by atoms with Crippen LogP contribution in [0.25, 0.3) is 0 Å². The molecule has 0 spiro atoms.